The highest BCUT2D eigenvalue weighted by Crippen LogP contribution is 2.18. The van der Waals surface area contributed by atoms with Crippen LogP contribution in [0.25, 0.3) is 0 Å². The first-order valence-electron chi connectivity index (χ1n) is 6.32. The van der Waals surface area contributed by atoms with Gasteiger partial charge in [0, 0.05) is 30.8 Å². The Bertz CT molecular complexity index is 481. The number of benzene rings is 1. The van der Waals surface area contributed by atoms with Crippen molar-refractivity contribution in [1.29, 1.82) is 0 Å². The summed E-state index contributed by atoms with van der Waals surface area (Å²) >= 11 is 0. The lowest BCUT2D eigenvalue weighted by molar-refractivity contribution is -0.122. The van der Waals surface area contributed by atoms with Crippen LogP contribution in [0.5, 0.6) is 5.75 Å². The summed E-state index contributed by atoms with van der Waals surface area (Å²) in [5, 5.41) is 5.20. The van der Waals surface area contributed by atoms with E-state index in [4.69, 9.17) is 10.5 Å². The zero-order chi connectivity index (χ0) is 15.2. The van der Waals surface area contributed by atoms with Gasteiger partial charge in [-0.15, -0.1) is 0 Å². The average Bonchev–Trinajstić information content (AvgIpc) is 2.34. The topological polar surface area (TPSA) is 93.5 Å². The maximum Gasteiger partial charge on any atom is 0.257 e. The summed E-state index contributed by atoms with van der Waals surface area (Å²) in [5.41, 5.74) is 5.83. The molecule has 0 radical (unpaired) electrons. The SMILES string of the molecule is CNC(=O)COc1cccc(NC(=O)CC(C)(C)N)c1. The average molecular weight is 279 g/mol. The van der Waals surface area contributed by atoms with Crippen molar-refractivity contribution in [3.8, 4) is 5.75 Å². The Labute approximate surface area is 118 Å². The molecular weight excluding hydrogens is 258 g/mol. The lowest BCUT2D eigenvalue weighted by Gasteiger charge is -2.17. The summed E-state index contributed by atoms with van der Waals surface area (Å²) < 4.78 is 5.29. The molecule has 4 N–H and O–H groups in total. The number of rotatable bonds is 6. The normalized spacial score (nSPS) is 10.8. The maximum absolute atomic E-state index is 11.8. The van der Waals surface area contributed by atoms with E-state index in [1.807, 2.05) is 0 Å². The van der Waals surface area contributed by atoms with Gasteiger partial charge in [0.25, 0.3) is 5.91 Å². The van der Waals surface area contributed by atoms with Crippen LogP contribution in [0.2, 0.25) is 0 Å². The number of carbonyl (C=O) groups excluding carboxylic acids is 2. The third kappa shape index (κ3) is 6.19. The van der Waals surface area contributed by atoms with E-state index in [-0.39, 0.29) is 24.8 Å². The Balaban J connectivity index is 2.59. The van der Waals surface area contributed by atoms with Crippen molar-refractivity contribution in [1.82, 2.24) is 5.32 Å². The zero-order valence-electron chi connectivity index (χ0n) is 12.0. The second kappa shape index (κ2) is 6.91. The lowest BCUT2D eigenvalue weighted by Crippen LogP contribution is -2.36. The van der Waals surface area contributed by atoms with Crippen molar-refractivity contribution in [2.24, 2.45) is 5.73 Å². The summed E-state index contributed by atoms with van der Waals surface area (Å²) in [6.07, 6.45) is 0.219. The quantitative estimate of drug-likeness (QED) is 0.720. The molecule has 0 saturated heterocycles. The van der Waals surface area contributed by atoms with Gasteiger partial charge in [0.15, 0.2) is 6.61 Å². The minimum atomic E-state index is -0.558. The molecule has 0 fully saturated rings. The van der Waals surface area contributed by atoms with Crippen molar-refractivity contribution in [2.75, 3.05) is 19.0 Å². The fourth-order valence-electron chi connectivity index (χ4n) is 1.50. The van der Waals surface area contributed by atoms with Gasteiger partial charge >= 0.3 is 0 Å². The maximum atomic E-state index is 11.8. The van der Waals surface area contributed by atoms with Crippen LogP contribution in [0, 0.1) is 0 Å². The van der Waals surface area contributed by atoms with E-state index in [2.05, 4.69) is 10.6 Å². The monoisotopic (exact) mass is 279 g/mol. The van der Waals surface area contributed by atoms with Gasteiger partial charge in [-0.25, -0.2) is 0 Å². The van der Waals surface area contributed by atoms with Crippen molar-refractivity contribution in [3.05, 3.63) is 24.3 Å². The van der Waals surface area contributed by atoms with E-state index in [1.165, 1.54) is 7.05 Å². The highest BCUT2D eigenvalue weighted by atomic mass is 16.5. The van der Waals surface area contributed by atoms with Gasteiger partial charge in [-0.3, -0.25) is 9.59 Å². The summed E-state index contributed by atoms with van der Waals surface area (Å²) in [4.78, 5) is 22.8. The van der Waals surface area contributed by atoms with Crippen LogP contribution in [0.15, 0.2) is 24.3 Å². The number of carbonyl (C=O) groups is 2. The second-order valence-electron chi connectivity index (χ2n) is 5.20. The van der Waals surface area contributed by atoms with Crippen molar-refractivity contribution in [3.63, 3.8) is 0 Å². The number of hydrogen-bond donors (Lipinski definition) is 3. The Hall–Kier alpha value is -2.08. The van der Waals surface area contributed by atoms with E-state index in [0.29, 0.717) is 11.4 Å². The largest absolute Gasteiger partial charge is 0.484 e. The van der Waals surface area contributed by atoms with Crippen LogP contribution >= 0.6 is 0 Å². The minimum absolute atomic E-state index is 0.0657. The first-order valence-corrected chi connectivity index (χ1v) is 6.32. The number of nitrogens with one attached hydrogen (secondary N) is 2. The highest BCUT2D eigenvalue weighted by Gasteiger charge is 2.16. The molecule has 1 aromatic carbocycles. The number of nitrogens with two attached hydrogens (primary N) is 1. The first kappa shape index (κ1) is 16.0. The van der Waals surface area contributed by atoms with E-state index in [0.717, 1.165) is 0 Å². The highest BCUT2D eigenvalue weighted by molar-refractivity contribution is 5.91. The predicted octanol–water partition coefficient (Wildman–Crippen LogP) is 0.877. The number of ether oxygens (including phenoxy) is 1. The third-order valence-corrected chi connectivity index (χ3v) is 2.38. The Morgan fingerprint density at radius 1 is 1.30 bits per heavy atom. The summed E-state index contributed by atoms with van der Waals surface area (Å²) in [6.45, 7) is 3.51. The molecule has 0 saturated carbocycles. The molecule has 0 bridgehead atoms. The van der Waals surface area contributed by atoms with Crippen LogP contribution in [-0.4, -0.2) is 31.0 Å². The molecule has 0 unspecified atom stereocenters. The molecule has 0 aliphatic carbocycles. The van der Waals surface area contributed by atoms with Crippen LogP contribution in [0.3, 0.4) is 0 Å². The lowest BCUT2D eigenvalue weighted by atomic mass is 10.0. The van der Waals surface area contributed by atoms with Crippen molar-refractivity contribution in [2.45, 2.75) is 25.8 Å². The van der Waals surface area contributed by atoms with Crippen molar-refractivity contribution < 1.29 is 14.3 Å². The third-order valence-electron chi connectivity index (χ3n) is 2.38. The van der Waals surface area contributed by atoms with Crippen molar-refractivity contribution >= 4 is 17.5 Å². The minimum Gasteiger partial charge on any atom is -0.484 e. The fourth-order valence-corrected chi connectivity index (χ4v) is 1.50. The molecule has 0 aromatic heterocycles. The molecule has 110 valence electrons. The van der Waals surface area contributed by atoms with Crippen LogP contribution in [-0.2, 0) is 9.59 Å². The Morgan fingerprint density at radius 3 is 2.60 bits per heavy atom. The molecule has 1 aromatic rings. The van der Waals surface area contributed by atoms with Crippen LogP contribution < -0.4 is 21.1 Å². The molecule has 1 rings (SSSR count). The molecule has 0 spiro atoms. The van der Waals surface area contributed by atoms with Crippen LogP contribution in [0.1, 0.15) is 20.3 Å². The smallest absolute Gasteiger partial charge is 0.257 e. The van der Waals surface area contributed by atoms with E-state index >= 15 is 0 Å². The molecule has 6 nitrogen and oxygen atoms in total. The first-order chi connectivity index (χ1) is 9.30. The molecule has 0 aliphatic heterocycles. The van der Waals surface area contributed by atoms with Gasteiger partial charge in [0.2, 0.25) is 5.91 Å². The fraction of sp³-hybridized carbons (Fsp3) is 0.429. The number of anilines is 1. The molecular formula is C14H21N3O3. The summed E-state index contributed by atoms with van der Waals surface area (Å²) in [6, 6.07) is 6.85. The molecule has 0 atom stereocenters. The van der Waals surface area contributed by atoms with Gasteiger partial charge in [0.05, 0.1) is 0 Å². The van der Waals surface area contributed by atoms with Gasteiger partial charge in [-0.2, -0.15) is 0 Å². The Morgan fingerprint density at radius 2 is 2.00 bits per heavy atom. The molecule has 6 heteroatoms. The Kier molecular flexibility index (Phi) is 5.52. The van der Waals surface area contributed by atoms with Crippen LogP contribution in [0.4, 0.5) is 5.69 Å². The van der Waals surface area contributed by atoms with Gasteiger partial charge in [-0.05, 0) is 26.0 Å². The van der Waals surface area contributed by atoms with E-state index in [9.17, 15) is 9.59 Å². The van der Waals surface area contributed by atoms with Gasteiger partial charge in [0.1, 0.15) is 5.75 Å². The number of likely N-dealkylation sites (N-methyl/N-ethyl adjacent to an activating group) is 1. The van der Waals surface area contributed by atoms with Gasteiger partial charge < -0.3 is 21.1 Å². The summed E-state index contributed by atoms with van der Waals surface area (Å²) in [5.74, 6) is 0.128. The molecule has 2 amide bonds. The van der Waals surface area contributed by atoms with E-state index < -0.39 is 5.54 Å². The van der Waals surface area contributed by atoms with E-state index in [1.54, 1.807) is 38.1 Å². The predicted molar refractivity (Wildman–Crippen MR) is 77.5 cm³/mol. The zero-order valence-corrected chi connectivity index (χ0v) is 12.0. The number of amides is 2. The molecule has 0 heterocycles. The number of hydrogen-bond acceptors (Lipinski definition) is 4. The molecule has 0 aliphatic rings. The second-order valence-corrected chi connectivity index (χ2v) is 5.20. The summed E-state index contributed by atoms with van der Waals surface area (Å²) in [7, 11) is 1.54. The molecule has 20 heavy (non-hydrogen) atoms. The van der Waals surface area contributed by atoms with Gasteiger partial charge in [-0.1, -0.05) is 6.07 Å². The standard InChI is InChI=1S/C14H21N3O3/c1-14(2,15)8-12(18)17-10-5-4-6-11(7-10)20-9-13(19)16-3/h4-7H,8-9,15H2,1-3H3,(H,16,19)(H,17,18).